The van der Waals surface area contributed by atoms with Crippen molar-refractivity contribution in [2.75, 3.05) is 17.6 Å². The molecule has 2 N–H and O–H groups in total. The van der Waals surface area contributed by atoms with Crippen molar-refractivity contribution in [2.24, 2.45) is 7.05 Å². The number of hydrogen-bond acceptors (Lipinski definition) is 5. The highest BCUT2D eigenvalue weighted by atomic mass is 32.2. The Hall–Kier alpha value is -1.76. The Morgan fingerprint density at radius 3 is 3.10 bits per heavy atom. The summed E-state index contributed by atoms with van der Waals surface area (Å²) in [5, 5.41) is 18.2. The van der Waals surface area contributed by atoms with E-state index in [1.54, 1.807) is 17.9 Å². The van der Waals surface area contributed by atoms with Gasteiger partial charge < -0.3 is 10.4 Å². The maximum Gasteiger partial charge on any atom is 0.339 e. The number of aryl methyl sites for hydroxylation is 1. The van der Waals surface area contributed by atoms with Gasteiger partial charge in [0, 0.05) is 25.0 Å². The average Bonchev–Trinajstić information content (AvgIpc) is 2.87. The molecule has 1 aliphatic heterocycles. The molecule has 3 heterocycles. The summed E-state index contributed by atoms with van der Waals surface area (Å²) in [7, 11) is 1.80. The fraction of sp³-hybridized carbons (Fsp3) is 0.500. The van der Waals surface area contributed by atoms with Crippen molar-refractivity contribution in [3.8, 4) is 0 Å². The number of rotatable bonds is 4. The highest BCUT2D eigenvalue weighted by molar-refractivity contribution is 7.99. The quantitative estimate of drug-likeness (QED) is 0.902. The second-order valence-corrected chi connectivity index (χ2v) is 6.64. The van der Waals surface area contributed by atoms with Crippen molar-refractivity contribution in [1.29, 1.82) is 0 Å². The standard InChI is InChI=1S/C14H18N4O2S/c1-18-13-10(8-17-18)12(11(7-16-13)14(19)20)15-6-9-4-2-3-5-21-9/h7-9H,2-6H2,1H3,(H,15,16)(H,19,20). The van der Waals surface area contributed by atoms with Crippen LogP contribution in [0.25, 0.3) is 11.0 Å². The van der Waals surface area contributed by atoms with Crippen molar-refractivity contribution in [3.05, 3.63) is 18.0 Å². The first-order chi connectivity index (χ1) is 10.2. The molecule has 0 aromatic carbocycles. The number of thioether (sulfide) groups is 1. The smallest absolute Gasteiger partial charge is 0.339 e. The lowest BCUT2D eigenvalue weighted by Gasteiger charge is -2.22. The third kappa shape index (κ3) is 2.83. The van der Waals surface area contributed by atoms with Crippen molar-refractivity contribution in [1.82, 2.24) is 14.8 Å². The molecule has 6 nitrogen and oxygen atoms in total. The highest BCUT2D eigenvalue weighted by Gasteiger charge is 2.19. The van der Waals surface area contributed by atoms with Crippen molar-refractivity contribution >= 4 is 34.5 Å². The van der Waals surface area contributed by atoms with Crippen LogP contribution in [-0.4, -0.2) is 43.4 Å². The molecule has 0 bridgehead atoms. The van der Waals surface area contributed by atoms with E-state index in [2.05, 4.69) is 15.4 Å². The number of pyridine rings is 1. The van der Waals surface area contributed by atoms with Crippen molar-refractivity contribution in [2.45, 2.75) is 24.5 Å². The molecule has 0 saturated carbocycles. The second kappa shape index (κ2) is 5.93. The van der Waals surface area contributed by atoms with E-state index >= 15 is 0 Å². The zero-order chi connectivity index (χ0) is 14.8. The van der Waals surface area contributed by atoms with E-state index in [4.69, 9.17) is 0 Å². The molecule has 21 heavy (non-hydrogen) atoms. The predicted molar refractivity (Wildman–Crippen MR) is 84.1 cm³/mol. The molecule has 0 aliphatic carbocycles. The van der Waals surface area contributed by atoms with Crippen LogP contribution in [0.3, 0.4) is 0 Å². The van der Waals surface area contributed by atoms with Gasteiger partial charge in [-0.05, 0) is 18.6 Å². The lowest BCUT2D eigenvalue weighted by Crippen LogP contribution is -2.21. The lowest BCUT2D eigenvalue weighted by atomic mass is 10.1. The van der Waals surface area contributed by atoms with Gasteiger partial charge >= 0.3 is 5.97 Å². The zero-order valence-electron chi connectivity index (χ0n) is 11.9. The fourth-order valence-electron chi connectivity index (χ4n) is 2.63. The zero-order valence-corrected chi connectivity index (χ0v) is 12.7. The molecule has 2 aromatic heterocycles. The van der Waals surface area contributed by atoms with Crippen LogP contribution in [0.2, 0.25) is 0 Å². The van der Waals surface area contributed by atoms with Crippen molar-refractivity contribution in [3.63, 3.8) is 0 Å². The maximum atomic E-state index is 11.4. The summed E-state index contributed by atoms with van der Waals surface area (Å²) in [4.78, 5) is 15.6. The topological polar surface area (TPSA) is 80.0 Å². The maximum absolute atomic E-state index is 11.4. The molecule has 0 radical (unpaired) electrons. The summed E-state index contributed by atoms with van der Waals surface area (Å²) in [5.41, 5.74) is 1.53. The van der Waals surface area contributed by atoms with Crippen LogP contribution < -0.4 is 5.32 Å². The molecule has 0 spiro atoms. The number of hydrogen-bond donors (Lipinski definition) is 2. The van der Waals surface area contributed by atoms with Gasteiger partial charge in [-0.1, -0.05) is 6.42 Å². The number of anilines is 1. The van der Waals surface area contributed by atoms with Crippen LogP contribution in [0.1, 0.15) is 29.6 Å². The van der Waals surface area contributed by atoms with E-state index in [9.17, 15) is 9.90 Å². The number of aromatic nitrogens is 3. The number of nitrogens with zero attached hydrogens (tertiary/aromatic N) is 3. The molecule has 1 unspecified atom stereocenters. The van der Waals surface area contributed by atoms with Gasteiger partial charge in [0.25, 0.3) is 0 Å². The van der Waals surface area contributed by atoms with Gasteiger partial charge in [0.05, 0.1) is 17.3 Å². The number of carboxylic acids is 1. The largest absolute Gasteiger partial charge is 0.478 e. The van der Waals surface area contributed by atoms with E-state index < -0.39 is 5.97 Å². The lowest BCUT2D eigenvalue weighted by molar-refractivity contribution is 0.0697. The number of carbonyl (C=O) groups is 1. The van der Waals surface area contributed by atoms with Crippen molar-refractivity contribution < 1.29 is 9.90 Å². The van der Waals surface area contributed by atoms with E-state index in [0.717, 1.165) is 11.9 Å². The number of aromatic carboxylic acids is 1. The summed E-state index contributed by atoms with van der Waals surface area (Å²) in [5.74, 6) is 0.226. The molecule has 3 rings (SSSR count). The Bertz CT molecular complexity index is 664. The third-order valence-electron chi connectivity index (χ3n) is 3.77. The normalized spacial score (nSPS) is 18.8. The monoisotopic (exact) mass is 306 g/mol. The van der Waals surface area contributed by atoms with E-state index in [1.807, 2.05) is 11.8 Å². The van der Waals surface area contributed by atoms with Gasteiger partial charge in [-0.25, -0.2) is 9.78 Å². The average molecular weight is 306 g/mol. The first kappa shape index (κ1) is 14.2. The Balaban J connectivity index is 1.90. The molecular weight excluding hydrogens is 288 g/mol. The van der Waals surface area contributed by atoms with Gasteiger partial charge in [0.15, 0.2) is 5.65 Å². The molecule has 2 aromatic rings. The minimum Gasteiger partial charge on any atom is -0.478 e. The van der Waals surface area contributed by atoms with Gasteiger partial charge in [-0.3, -0.25) is 4.68 Å². The molecule has 1 aliphatic rings. The van der Waals surface area contributed by atoms with E-state index in [1.165, 1.54) is 31.2 Å². The first-order valence-corrected chi connectivity index (χ1v) is 8.11. The Kier molecular flexibility index (Phi) is 4.01. The second-order valence-electron chi connectivity index (χ2n) is 5.23. The van der Waals surface area contributed by atoms with Crippen LogP contribution in [-0.2, 0) is 7.05 Å². The minimum absolute atomic E-state index is 0.205. The molecule has 1 atom stereocenters. The number of fused-ring (bicyclic) bond motifs is 1. The molecule has 0 amide bonds. The third-order valence-corrected chi connectivity index (χ3v) is 5.17. The summed E-state index contributed by atoms with van der Waals surface area (Å²) in [6, 6.07) is 0. The predicted octanol–water partition coefficient (Wildman–Crippen LogP) is 2.36. The van der Waals surface area contributed by atoms with Crippen LogP contribution in [0.15, 0.2) is 12.4 Å². The number of carboxylic acid groups (broad SMARTS) is 1. The molecule has 1 fully saturated rings. The van der Waals surface area contributed by atoms with Crippen LogP contribution >= 0.6 is 11.8 Å². The van der Waals surface area contributed by atoms with Gasteiger partial charge in [0.2, 0.25) is 0 Å². The molecule has 1 saturated heterocycles. The Labute approximate surface area is 126 Å². The summed E-state index contributed by atoms with van der Waals surface area (Å²) < 4.78 is 1.65. The van der Waals surface area contributed by atoms with E-state index in [0.29, 0.717) is 16.6 Å². The Morgan fingerprint density at radius 1 is 1.52 bits per heavy atom. The summed E-state index contributed by atoms with van der Waals surface area (Å²) >= 11 is 1.96. The SMILES string of the molecule is Cn1ncc2c(NCC3CCCCS3)c(C(=O)O)cnc21. The summed E-state index contributed by atoms with van der Waals surface area (Å²) in [6.07, 6.45) is 6.79. The first-order valence-electron chi connectivity index (χ1n) is 7.06. The Morgan fingerprint density at radius 2 is 2.38 bits per heavy atom. The molecule has 112 valence electrons. The minimum atomic E-state index is -0.966. The number of nitrogens with one attached hydrogen (secondary N) is 1. The van der Waals surface area contributed by atoms with Gasteiger partial charge in [-0.2, -0.15) is 16.9 Å². The van der Waals surface area contributed by atoms with Gasteiger partial charge in [0.1, 0.15) is 5.56 Å². The van der Waals surface area contributed by atoms with Crippen LogP contribution in [0.4, 0.5) is 5.69 Å². The molecule has 7 heteroatoms. The van der Waals surface area contributed by atoms with Gasteiger partial charge in [-0.15, -0.1) is 0 Å². The summed E-state index contributed by atoms with van der Waals surface area (Å²) in [6.45, 7) is 0.777. The van der Waals surface area contributed by atoms with E-state index in [-0.39, 0.29) is 5.56 Å². The van der Waals surface area contributed by atoms with Crippen LogP contribution in [0.5, 0.6) is 0 Å². The fourth-order valence-corrected chi connectivity index (χ4v) is 3.87. The highest BCUT2D eigenvalue weighted by Crippen LogP contribution is 2.29. The molecular formula is C14H18N4O2S. The van der Waals surface area contributed by atoms with Crippen LogP contribution in [0, 0.1) is 0 Å².